The minimum atomic E-state index is -3.57. The Balaban J connectivity index is 1.88. The van der Waals surface area contributed by atoms with Gasteiger partial charge in [0.05, 0.1) is 11.9 Å². The molecule has 0 heterocycles. The fourth-order valence-corrected chi connectivity index (χ4v) is 5.97. The second-order valence-corrected chi connectivity index (χ2v) is 13.1. The van der Waals surface area contributed by atoms with Crippen LogP contribution in [0.25, 0.3) is 0 Å². The number of nitrogens with zero attached hydrogens (tertiary/aromatic N) is 2. The van der Waals surface area contributed by atoms with Crippen molar-refractivity contribution in [2.75, 3.05) is 23.7 Å². The van der Waals surface area contributed by atoms with Gasteiger partial charge in [-0.25, -0.2) is 8.42 Å². The van der Waals surface area contributed by atoms with Gasteiger partial charge in [-0.3, -0.25) is 13.9 Å². The van der Waals surface area contributed by atoms with Crippen molar-refractivity contribution in [3.63, 3.8) is 0 Å². The summed E-state index contributed by atoms with van der Waals surface area (Å²) in [5.41, 5.74) is 4.35. The van der Waals surface area contributed by atoms with Gasteiger partial charge in [-0.1, -0.05) is 77.5 Å². The van der Waals surface area contributed by atoms with Crippen molar-refractivity contribution in [3.8, 4) is 0 Å². The number of carbonyl (C=O) groups is 2. The van der Waals surface area contributed by atoms with Crippen molar-refractivity contribution in [2.24, 2.45) is 0 Å². The zero-order valence-electron chi connectivity index (χ0n) is 24.3. The summed E-state index contributed by atoms with van der Waals surface area (Å²) in [6.07, 6.45) is 2.75. The molecule has 0 saturated carbocycles. The summed E-state index contributed by atoms with van der Waals surface area (Å²) in [5, 5.41) is 2.98. The van der Waals surface area contributed by atoms with Crippen LogP contribution in [-0.4, -0.2) is 50.5 Å². The lowest BCUT2D eigenvalue weighted by atomic mass is 10.0. The van der Waals surface area contributed by atoms with Gasteiger partial charge in [-0.2, -0.15) is 0 Å². The van der Waals surface area contributed by atoms with Gasteiger partial charge >= 0.3 is 0 Å². The number of hydrogen-bond acceptors (Lipinski definition) is 4. The highest BCUT2D eigenvalue weighted by Gasteiger charge is 2.30. The number of aryl methyl sites for hydroxylation is 1. The number of hydrogen-bond donors (Lipinski definition) is 1. The third-order valence-electron chi connectivity index (χ3n) is 7.08. The van der Waals surface area contributed by atoms with Crippen molar-refractivity contribution in [3.05, 3.63) is 99.5 Å². The molecule has 0 fully saturated rings. The van der Waals surface area contributed by atoms with Crippen LogP contribution in [0.15, 0.2) is 77.3 Å². The van der Waals surface area contributed by atoms with Gasteiger partial charge in [0, 0.05) is 36.9 Å². The number of anilines is 1. The van der Waals surface area contributed by atoms with Gasteiger partial charge < -0.3 is 10.2 Å². The molecule has 9 heteroatoms. The second-order valence-electron chi connectivity index (χ2n) is 10.3. The van der Waals surface area contributed by atoms with E-state index in [4.69, 9.17) is 0 Å². The van der Waals surface area contributed by atoms with E-state index in [1.165, 1.54) is 10.6 Å². The Morgan fingerprint density at radius 1 is 0.927 bits per heavy atom. The Morgan fingerprint density at radius 3 is 2.24 bits per heavy atom. The van der Waals surface area contributed by atoms with Crippen molar-refractivity contribution < 1.29 is 18.0 Å². The third kappa shape index (κ3) is 9.43. The van der Waals surface area contributed by atoms with Crippen molar-refractivity contribution in [1.29, 1.82) is 0 Å². The maximum Gasteiger partial charge on any atom is 0.243 e. The van der Waals surface area contributed by atoms with Crippen LogP contribution in [0.2, 0.25) is 0 Å². The lowest BCUT2D eigenvalue weighted by Gasteiger charge is -2.32. The molecule has 2 amide bonds. The normalized spacial score (nSPS) is 12.0. The molecule has 0 saturated heterocycles. The van der Waals surface area contributed by atoms with E-state index in [1.807, 2.05) is 87.5 Å². The van der Waals surface area contributed by atoms with Gasteiger partial charge in [-0.15, -0.1) is 0 Å². The predicted octanol–water partition coefficient (Wildman–Crippen LogP) is 5.78. The smallest absolute Gasteiger partial charge is 0.243 e. The van der Waals surface area contributed by atoms with Crippen LogP contribution in [0.5, 0.6) is 0 Å². The molecule has 0 aromatic heterocycles. The number of nitrogens with one attached hydrogen (secondary N) is 1. The lowest BCUT2D eigenvalue weighted by Crippen LogP contribution is -2.50. The molecule has 0 bridgehead atoms. The van der Waals surface area contributed by atoms with Gasteiger partial charge in [0.2, 0.25) is 21.8 Å². The summed E-state index contributed by atoms with van der Waals surface area (Å²) >= 11 is 3.46. The fourth-order valence-electron chi connectivity index (χ4n) is 4.69. The Hall–Kier alpha value is -3.17. The van der Waals surface area contributed by atoms with Gasteiger partial charge in [0.1, 0.15) is 6.04 Å². The molecule has 0 unspecified atom stereocenters. The highest BCUT2D eigenvalue weighted by Crippen LogP contribution is 2.26. The quantitative estimate of drug-likeness (QED) is 0.242. The van der Waals surface area contributed by atoms with Crippen LogP contribution in [-0.2, 0) is 32.6 Å². The van der Waals surface area contributed by atoms with Crippen LogP contribution < -0.4 is 9.62 Å². The van der Waals surface area contributed by atoms with Gasteiger partial charge in [0.25, 0.3) is 0 Å². The van der Waals surface area contributed by atoms with Crippen LogP contribution in [0.1, 0.15) is 48.4 Å². The zero-order valence-corrected chi connectivity index (χ0v) is 26.7. The molecule has 0 aliphatic rings. The number of carbonyl (C=O) groups excluding carboxylic acids is 2. The monoisotopic (exact) mass is 641 g/mol. The highest BCUT2D eigenvalue weighted by atomic mass is 79.9. The Kier molecular flexibility index (Phi) is 12.0. The Bertz CT molecular complexity index is 1410. The molecule has 7 nitrogen and oxygen atoms in total. The molecule has 220 valence electrons. The maximum absolute atomic E-state index is 13.9. The van der Waals surface area contributed by atoms with E-state index >= 15 is 0 Å². The lowest BCUT2D eigenvalue weighted by molar-refractivity contribution is -0.141. The van der Waals surface area contributed by atoms with E-state index in [0.29, 0.717) is 25.1 Å². The zero-order chi connectivity index (χ0) is 30.0. The van der Waals surface area contributed by atoms with Gasteiger partial charge in [-0.05, 0) is 67.1 Å². The largest absolute Gasteiger partial charge is 0.354 e. The molecule has 0 aliphatic carbocycles. The highest BCUT2D eigenvalue weighted by molar-refractivity contribution is 9.10. The van der Waals surface area contributed by atoms with E-state index in [2.05, 4.69) is 21.2 Å². The summed E-state index contributed by atoms with van der Waals surface area (Å²) in [5.74, 6) is -0.399. The predicted molar refractivity (Wildman–Crippen MR) is 169 cm³/mol. The summed E-state index contributed by atoms with van der Waals surface area (Å²) in [6.45, 7) is 6.77. The van der Waals surface area contributed by atoms with Gasteiger partial charge in [0.15, 0.2) is 0 Å². The molecule has 3 aromatic rings. The van der Waals surface area contributed by atoms with Crippen LogP contribution in [0.4, 0.5) is 5.69 Å². The molecule has 0 aliphatic heterocycles. The topological polar surface area (TPSA) is 86.8 Å². The maximum atomic E-state index is 13.9. The summed E-state index contributed by atoms with van der Waals surface area (Å²) in [6, 6.07) is 22.2. The first-order valence-electron chi connectivity index (χ1n) is 13.9. The van der Waals surface area contributed by atoms with E-state index in [-0.39, 0.29) is 31.3 Å². The Morgan fingerprint density at radius 2 is 1.61 bits per heavy atom. The second kappa shape index (κ2) is 15.2. The number of benzene rings is 3. The van der Waals surface area contributed by atoms with Crippen LogP contribution in [0.3, 0.4) is 0 Å². The minimum Gasteiger partial charge on any atom is -0.354 e. The number of rotatable bonds is 14. The fraction of sp³-hybridized carbons (Fsp3) is 0.375. The average molecular weight is 643 g/mol. The van der Waals surface area contributed by atoms with E-state index in [1.54, 1.807) is 11.0 Å². The first kappa shape index (κ1) is 32.3. The van der Waals surface area contributed by atoms with Crippen molar-refractivity contribution in [2.45, 2.75) is 59.0 Å². The molecule has 3 rings (SSSR count). The number of sulfonamides is 1. The van der Waals surface area contributed by atoms with E-state index < -0.39 is 16.1 Å². The molecule has 0 spiro atoms. The van der Waals surface area contributed by atoms with E-state index in [9.17, 15) is 18.0 Å². The molecular formula is C32H40BrN3O4S. The van der Waals surface area contributed by atoms with Crippen molar-refractivity contribution >= 4 is 43.5 Å². The minimum absolute atomic E-state index is 0.0970. The van der Waals surface area contributed by atoms with Crippen LogP contribution >= 0.6 is 15.9 Å². The first-order chi connectivity index (χ1) is 19.5. The van der Waals surface area contributed by atoms with Crippen molar-refractivity contribution in [1.82, 2.24) is 10.2 Å². The SMILES string of the molecule is CCCNC(=O)[C@H](Cc1ccccc1)N(Cc1ccc(Br)cc1)C(=O)CCCN(c1cccc(C)c1C)S(C)(=O)=O. The first-order valence-corrected chi connectivity index (χ1v) is 16.5. The molecule has 0 radical (unpaired) electrons. The summed E-state index contributed by atoms with van der Waals surface area (Å²) in [4.78, 5) is 29.0. The van der Waals surface area contributed by atoms with Crippen LogP contribution in [0, 0.1) is 13.8 Å². The molecule has 3 aromatic carbocycles. The standard InChI is InChI=1S/C32H40BrN3O4S/c1-5-20-34-32(38)30(22-26-12-7-6-8-13-26)35(23-27-16-18-28(33)19-17-27)31(37)15-10-21-36(41(4,39)40)29-14-9-11-24(2)25(29)3/h6-9,11-14,16-19,30H,5,10,15,20-23H2,1-4H3,(H,34,38)/t30-/m0/s1. The van der Waals surface area contributed by atoms with E-state index in [0.717, 1.165) is 33.1 Å². The summed E-state index contributed by atoms with van der Waals surface area (Å²) < 4.78 is 27.8. The molecule has 1 N–H and O–H groups in total. The number of halogens is 1. The summed E-state index contributed by atoms with van der Waals surface area (Å²) in [7, 11) is -3.57. The molecular weight excluding hydrogens is 602 g/mol. The average Bonchev–Trinajstić information content (AvgIpc) is 2.94. The third-order valence-corrected chi connectivity index (χ3v) is 8.79. The number of amides is 2. The molecule has 1 atom stereocenters. The molecule has 41 heavy (non-hydrogen) atoms. The Labute approximate surface area is 253 Å².